The summed E-state index contributed by atoms with van der Waals surface area (Å²) >= 11 is 0. The third-order valence-electron chi connectivity index (χ3n) is 2.65. The maximum absolute atomic E-state index is 11.9. The van der Waals surface area contributed by atoms with Crippen molar-refractivity contribution in [3.8, 4) is 0 Å². The molecule has 0 aliphatic heterocycles. The summed E-state index contributed by atoms with van der Waals surface area (Å²) in [6.45, 7) is 2.20. The smallest absolute Gasteiger partial charge is 0.317 e. The molecule has 5 nitrogen and oxygen atoms in total. The Hall–Kier alpha value is -1.88. The molecule has 0 saturated carbocycles. The Morgan fingerprint density at radius 3 is 2.37 bits per heavy atom. The van der Waals surface area contributed by atoms with E-state index in [1.165, 1.54) is 13.8 Å². The van der Waals surface area contributed by atoms with Gasteiger partial charge in [-0.15, -0.1) is 0 Å². The molecule has 0 fully saturated rings. The number of ether oxygens (including phenoxy) is 2. The van der Waals surface area contributed by atoms with Crippen LogP contribution in [0.1, 0.15) is 19.4 Å². The first-order valence-corrected chi connectivity index (χ1v) is 5.93. The maximum Gasteiger partial charge on any atom is 0.317 e. The Bertz CT molecular complexity index is 429. The summed E-state index contributed by atoms with van der Waals surface area (Å²) < 4.78 is 9.90. The van der Waals surface area contributed by atoms with Crippen molar-refractivity contribution in [2.45, 2.75) is 20.5 Å². The first-order chi connectivity index (χ1) is 8.98. The predicted octanol–water partition coefficient (Wildman–Crippen LogP) is 1.29. The molecule has 1 rings (SSSR count). The molecular weight excluding hydrogens is 248 g/mol. The van der Waals surface area contributed by atoms with Crippen LogP contribution in [-0.4, -0.2) is 30.3 Å². The highest BCUT2D eigenvalue weighted by molar-refractivity contribution is 5.77. The van der Waals surface area contributed by atoms with E-state index in [0.717, 1.165) is 5.56 Å². The molecule has 0 aliphatic carbocycles. The maximum atomic E-state index is 11.9. The van der Waals surface area contributed by atoms with Crippen LogP contribution in [0.3, 0.4) is 0 Å². The van der Waals surface area contributed by atoms with Gasteiger partial charge in [-0.2, -0.15) is 0 Å². The Balaban J connectivity index is 2.56. The zero-order valence-corrected chi connectivity index (χ0v) is 11.1. The third kappa shape index (κ3) is 4.71. The molecule has 0 saturated heterocycles. The molecule has 19 heavy (non-hydrogen) atoms. The Labute approximate surface area is 112 Å². The van der Waals surface area contributed by atoms with E-state index in [1.807, 2.05) is 30.3 Å². The number of hydrogen-bond donors (Lipinski definition) is 1. The fourth-order valence-electron chi connectivity index (χ4n) is 1.33. The number of esters is 2. The molecule has 1 unspecified atom stereocenters. The molecule has 0 heterocycles. The minimum Gasteiger partial charge on any atom is -0.465 e. The van der Waals surface area contributed by atoms with Crippen molar-refractivity contribution >= 4 is 11.9 Å². The van der Waals surface area contributed by atoms with Crippen LogP contribution in [0, 0.1) is 5.41 Å². The molecular formula is C14H18O5. The zero-order valence-electron chi connectivity index (χ0n) is 11.1. The van der Waals surface area contributed by atoms with Gasteiger partial charge in [0.25, 0.3) is 0 Å². The first-order valence-electron chi connectivity index (χ1n) is 5.93. The van der Waals surface area contributed by atoms with Crippen molar-refractivity contribution in [2.24, 2.45) is 5.41 Å². The lowest BCUT2D eigenvalue weighted by Gasteiger charge is -2.24. The summed E-state index contributed by atoms with van der Waals surface area (Å²) in [5, 5.41) is 9.27. The summed E-state index contributed by atoms with van der Waals surface area (Å²) in [5.41, 5.74) is -0.385. The Morgan fingerprint density at radius 1 is 1.21 bits per heavy atom. The van der Waals surface area contributed by atoms with Crippen LogP contribution in [-0.2, 0) is 25.7 Å². The molecule has 5 heteroatoms. The van der Waals surface area contributed by atoms with E-state index in [1.54, 1.807) is 0 Å². The van der Waals surface area contributed by atoms with Gasteiger partial charge in [-0.1, -0.05) is 30.3 Å². The predicted molar refractivity (Wildman–Crippen MR) is 68.1 cm³/mol. The second kappa shape index (κ2) is 6.89. The molecule has 0 aromatic heterocycles. The second-order valence-electron chi connectivity index (χ2n) is 4.56. The minimum absolute atomic E-state index is 0.120. The highest BCUT2D eigenvalue weighted by Gasteiger charge is 2.36. The molecule has 104 valence electrons. The first kappa shape index (κ1) is 15.2. The summed E-state index contributed by atoms with van der Waals surface area (Å²) in [6, 6.07) is 9.20. The molecule has 0 radical (unpaired) electrons. The third-order valence-corrected chi connectivity index (χ3v) is 2.65. The van der Waals surface area contributed by atoms with Crippen LogP contribution in [0.25, 0.3) is 0 Å². The summed E-state index contributed by atoms with van der Waals surface area (Å²) in [6.07, 6.45) is 0. The van der Waals surface area contributed by atoms with Crippen molar-refractivity contribution in [1.29, 1.82) is 0 Å². The molecule has 1 aromatic carbocycles. The van der Waals surface area contributed by atoms with Gasteiger partial charge in [-0.05, 0) is 12.5 Å². The van der Waals surface area contributed by atoms with Crippen LogP contribution in [0.4, 0.5) is 0 Å². The number of carbonyl (C=O) groups is 2. The summed E-state index contributed by atoms with van der Waals surface area (Å²) in [7, 11) is 0. The van der Waals surface area contributed by atoms with E-state index in [4.69, 9.17) is 9.47 Å². The largest absolute Gasteiger partial charge is 0.465 e. The number of benzene rings is 1. The van der Waals surface area contributed by atoms with Crippen molar-refractivity contribution < 1.29 is 24.2 Å². The second-order valence-corrected chi connectivity index (χ2v) is 4.56. The van der Waals surface area contributed by atoms with Gasteiger partial charge in [0.05, 0.1) is 6.61 Å². The van der Waals surface area contributed by atoms with Crippen LogP contribution in [0.5, 0.6) is 0 Å². The lowest BCUT2D eigenvalue weighted by atomic mass is 9.93. The SMILES string of the molecule is CC(=O)OCC(C)(CO)C(=O)OCc1ccccc1. The van der Waals surface area contributed by atoms with E-state index in [2.05, 4.69) is 0 Å². The molecule has 0 spiro atoms. The molecule has 1 atom stereocenters. The number of carbonyl (C=O) groups excluding carboxylic acids is 2. The highest BCUT2D eigenvalue weighted by Crippen LogP contribution is 2.19. The van der Waals surface area contributed by atoms with Crippen molar-refractivity contribution in [3.05, 3.63) is 35.9 Å². The van der Waals surface area contributed by atoms with Crippen molar-refractivity contribution in [3.63, 3.8) is 0 Å². The molecule has 0 bridgehead atoms. The lowest BCUT2D eigenvalue weighted by molar-refractivity contribution is -0.166. The average molecular weight is 266 g/mol. The fourth-order valence-corrected chi connectivity index (χ4v) is 1.33. The van der Waals surface area contributed by atoms with Crippen LogP contribution >= 0.6 is 0 Å². The quantitative estimate of drug-likeness (QED) is 0.785. The van der Waals surface area contributed by atoms with Gasteiger partial charge in [-0.3, -0.25) is 9.59 Å². The van der Waals surface area contributed by atoms with Gasteiger partial charge < -0.3 is 14.6 Å². The van der Waals surface area contributed by atoms with E-state index in [-0.39, 0.29) is 13.2 Å². The normalized spacial score (nSPS) is 13.4. The average Bonchev–Trinajstić information content (AvgIpc) is 2.43. The monoisotopic (exact) mass is 266 g/mol. The number of hydrogen-bond acceptors (Lipinski definition) is 5. The molecule has 0 aliphatic rings. The van der Waals surface area contributed by atoms with Crippen LogP contribution in [0.15, 0.2) is 30.3 Å². The molecule has 0 amide bonds. The fraction of sp³-hybridized carbons (Fsp3) is 0.429. The summed E-state index contributed by atoms with van der Waals surface area (Å²) in [5.74, 6) is -1.10. The van der Waals surface area contributed by atoms with E-state index in [0.29, 0.717) is 0 Å². The number of rotatable bonds is 6. The van der Waals surface area contributed by atoms with E-state index in [9.17, 15) is 14.7 Å². The standard InChI is InChI=1S/C14H18O5/c1-11(16)19-10-14(2,9-15)13(17)18-8-12-6-4-3-5-7-12/h3-7,15H,8-10H2,1-2H3. The van der Waals surface area contributed by atoms with Gasteiger partial charge in [0.1, 0.15) is 18.6 Å². The van der Waals surface area contributed by atoms with Gasteiger partial charge in [0.2, 0.25) is 0 Å². The lowest BCUT2D eigenvalue weighted by Crippen LogP contribution is -2.38. The van der Waals surface area contributed by atoms with E-state index < -0.39 is 24.0 Å². The van der Waals surface area contributed by atoms with Crippen LogP contribution < -0.4 is 0 Å². The van der Waals surface area contributed by atoms with Crippen molar-refractivity contribution in [1.82, 2.24) is 0 Å². The number of aliphatic hydroxyl groups is 1. The molecule has 1 aromatic rings. The highest BCUT2D eigenvalue weighted by atomic mass is 16.6. The minimum atomic E-state index is -1.24. The number of aliphatic hydroxyl groups excluding tert-OH is 1. The van der Waals surface area contributed by atoms with Gasteiger partial charge in [0, 0.05) is 6.92 Å². The van der Waals surface area contributed by atoms with Gasteiger partial charge in [-0.25, -0.2) is 0 Å². The van der Waals surface area contributed by atoms with Gasteiger partial charge >= 0.3 is 11.9 Å². The zero-order chi connectivity index (χ0) is 14.3. The molecule has 1 N–H and O–H groups in total. The van der Waals surface area contributed by atoms with Crippen LogP contribution in [0.2, 0.25) is 0 Å². The summed E-state index contributed by atoms with van der Waals surface area (Å²) in [4.78, 5) is 22.7. The van der Waals surface area contributed by atoms with E-state index >= 15 is 0 Å². The van der Waals surface area contributed by atoms with Gasteiger partial charge in [0.15, 0.2) is 0 Å². The topological polar surface area (TPSA) is 72.8 Å². The Kier molecular flexibility index (Phi) is 5.51. The Morgan fingerprint density at radius 2 is 1.84 bits per heavy atom. The van der Waals surface area contributed by atoms with Crippen molar-refractivity contribution in [2.75, 3.05) is 13.2 Å².